The van der Waals surface area contributed by atoms with Crippen molar-refractivity contribution in [1.29, 1.82) is 0 Å². The summed E-state index contributed by atoms with van der Waals surface area (Å²) in [7, 11) is 0. The molecule has 6 rings (SSSR count). The van der Waals surface area contributed by atoms with Crippen LogP contribution in [0.4, 0.5) is 0 Å². The number of hydrogen-bond acceptors (Lipinski definition) is 20. The Morgan fingerprint density at radius 1 is 0.151 bits per heavy atom. The molecule has 0 aliphatic rings. The summed E-state index contributed by atoms with van der Waals surface area (Å²) in [5.74, 6) is 1.12. The monoisotopic (exact) mass is 1950 g/mol. The first-order valence-electron chi connectivity index (χ1n) is 52.6. The lowest BCUT2D eigenvalue weighted by Gasteiger charge is -2.35. The van der Waals surface area contributed by atoms with Gasteiger partial charge in [0, 0.05) is 11.1 Å². The zero-order valence-corrected chi connectivity index (χ0v) is 95.1. The molecule has 18 atom stereocenters. The Hall–Kier alpha value is -5.80. The van der Waals surface area contributed by atoms with Gasteiger partial charge in [-0.05, 0) is 440 Å². The highest BCUT2D eigenvalue weighted by Gasteiger charge is 2.44. The maximum absolute atomic E-state index is 10.9. The molecule has 0 aliphatic heterocycles. The fraction of sp³-hybridized carbons (Fsp3) is 0.697. The molecule has 0 amide bonds. The molecule has 6 aromatic carbocycles. The molecule has 0 aliphatic carbocycles. The highest BCUT2D eigenvalue weighted by Crippen LogP contribution is 2.50. The van der Waals surface area contributed by atoms with Crippen molar-refractivity contribution in [3.63, 3.8) is 0 Å². The van der Waals surface area contributed by atoms with Gasteiger partial charge < -0.3 is 101 Å². The molecule has 0 bridgehead atoms. The fourth-order valence-corrected chi connectivity index (χ4v) is 16.9. The molecular formula is C119H202O20. The standard InChI is InChI=1S/2C20H34O4.3C20H34O3.C19H32O3/c2*1-8-18(5,21)14-12-16(20(7,23)10-3)17(24-11-4)13-15(14)19(6,22)9-2;3*1-8-14-12-16(19(6,22)10-3)17(20(7,23)11-4)13-15(14)18(5,21)9-2;1-8-17(5,20)14-12-16(19(7,22)10-3)15(11-13(14)4)18(6,21)9-2/h2*12-13,21-23H,8-11H2,1-7H3;3*12-13,21-23H,8-11H2,1-7H3;11-12,20-22H,8-10H2,1-7H3. The van der Waals surface area contributed by atoms with E-state index in [0.29, 0.717) is 196 Å². The maximum atomic E-state index is 10.9. The molecule has 0 heterocycles. The van der Waals surface area contributed by atoms with Gasteiger partial charge in [0.2, 0.25) is 0 Å². The molecule has 0 aromatic heterocycles. The summed E-state index contributed by atoms with van der Waals surface area (Å²) in [5, 5.41) is 195. The van der Waals surface area contributed by atoms with Crippen LogP contribution in [0.15, 0.2) is 72.8 Å². The lowest BCUT2D eigenvalue weighted by Crippen LogP contribution is -2.31. The molecule has 0 spiro atoms. The van der Waals surface area contributed by atoms with Crippen LogP contribution >= 0.6 is 0 Å². The van der Waals surface area contributed by atoms with Crippen molar-refractivity contribution in [1.82, 2.24) is 0 Å². The van der Waals surface area contributed by atoms with Gasteiger partial charge in [0.1, 0.15) is 11.5 Å². The Labute approximate surface area is 843 Å². The van der Waals surface area contributed by atoms with Crippen LogP contribution in [0.5, 0.6) is 11.5 Å². The molecule has 18 N–H and O–H groups in total. The largest absolute Gasteiger partial charge is 0.493 e. The molecule has 0 fully saturated rings. The summed E-state index contributed by atoms with van der Waals surface area (Å²) in [5.41, 5.74) is -1.35. The number of benzene rings is 6. The summed E-state index contributed by atoms with van der Waals surface area (Å²) in [6.07, 6.45) is 12.1. The zero-order chi connectivity index (χ0) is 109. The van der Waals surface area contributed by atoms with Crippen molar-refractivity contribution < 1.29 is 101 Å². The molecule has 20 nitrogen and oxygen atoms in total. The Morgan fingerprint density at radius 2 is 0.266 bits per heavy atom. The molecule has 139 heavy (non-hydrogen) atoms. The van der Waals surface area contributed by atoms with Crippen LogP contribution in [0.2, 0.25) is 0 Å². The van der Waals surface area contributed by atoms with Crippen LogP contribution in [0.3, 0.4) is 0 Å². The van der Waals surface area contributed by atoms with E-state index in [9.17, 15) is 91.9 Å². The van der Waals surface area contributed by atoms with Gasteiger partial charge in [-0.2, -0.15) is 0 Å². The minimum Gasteiger partial charge on any atom is -0.493 e. The third kappa shape index (κ3) is 32.1. The Bertz CT molecular complexity index is 4480. The van der Waals surface area contributed by atoms with E-state index >= 15 is 0 Å². The Morgan fingerprint density at radius 3 is 0.417 bits per heavy atom. The minimum absolute atomic E-state index is 0.462. The van der Waals surface area contributed by atoms with Crippen LogP contribution in [0, 0.1) is 6.92 Å². The summed E-state index contributed by atoms with van der Waals surface area (Å²) in [4.78, 5) is 0. The first kappa shape index (κ1) is 131. The normalized spacial score (nSPS) is 19.6. The number of rotatable bonds is 43. The van der Waals surface area contributed by atoms with Gasteiger partial charge in [-0.3, -0.25) is 0 Å². The number of aryl methyl sites for hydroxylation is 4. The smallest absolute Gasteiger partial charge is 0.125 e. The van der Waals surface area contributed by atoms with Crippen molar-refractivity contribution in [3.05, 3.63) is 195 Å². The van der Waals surface area contributed by atoms with Crippen LogP contribution in [-0.2, 0) is 120 Å². The lowest BCUT2D eigenvalue weighted by molar-refractivity contribution is 0.0245. The number of ether oxygens (including phenoxy) is 2. The van der Waals surface area contributed by atoms with E-state index in [-0.39, 0.29) is 0 Å². The molecule has 18 unspecified atom stereocenters. The van der Waals surface area contributed by atoms with Gasteiger partial charge in [0.15, 0.2) is 0 Å². The van der Waals surface area contributed by atoms with Gasteiger partial charge in [-0.25, -0.2) is 0 Å². The van der Waals surface area contributed by atoms with Gasteiger partial charge in [-0.15, -0.1) is 0 Å². The maximum Gasteiger partial charge on any atom is 0.125 e. The average Bonchev–Trinajstić information content (AvgIpc) is 0.740. The van der Waals surface area contributed by atoms with Gasteiger partial charge in [0.05, 0.1) is 114 Å². The van der Waals surface area contributed by atoms with Crippen molar-refractivity contribution >= 4 is 0 Å². The molecule has 20 heteroatoms. The third-order valence-electron chi connectivity index (χ3n) is 31.9. The molecule has 798 valence electrons. The van der Waals surface area contributed by atoms with E-state index in [2.05, 4.69) is 0 Å². The summed E-state index contributed by atoms with van der Waals surface area (Å²) >= 11 is 0. The highest BCUT2D eigenvalue weighted by molar-refractivity contribution is 5.54. The molecule has 0 saturated heterocycles. The van der Waals surface area contributed by atoms with Crippen molar-refractivity contribution in [2.24, 2.45) is 0 Å². The Kier molecular flexibility index (Phi) is 48.2. The van der Waals surface area contributed by atoms with Crippen molar-refractivity contribution in [3.8, 4) is 11.5 Å². The van der Waals surface area contributed by atoms with Crippen LogP contribution in [0.1, 0.15) is 522 Å². The second-order valence-corrected chi connectivity index (χ2v) is 43.4. The summed E-state index contributed by atoms with van der Waals surface area (Å²) in [6.45, 7) is 79.3. The van der Waals surface area contributed by atoms with Crippen LogP contribution < -0.4 is 9.47 Å². The SMILES string of the molecule is CCC(C)(O)c1cc(C(C)(O)CC)c(C(C)(O)CC)cc1C.CCOc1cc(C(C)(O)CC)c(C(C)(O)CC)cc1C(C)(O)CC.CCOc1cc(C(C)(O)CC)c(C(C)(O)CC)cc1C(C)(O)CC.CCc1cc(C(C)(O)CC)c(C(C)(O)CC)cc1C(C)(O)CC.CCc1cc(C(C)(O)CC)c(C(C)(O)CC)cc1C(C)(O)CC.CCc1cc(C(C)(O)CC)c(C(C)(O)CC)cc1C(C)(O)CC. The minimum atomic E-state index is -1.10. The third-order valence-corrected chi connectivity index (χ3v) is 31.9. The lowest BCUT2D eigenvalue weighted by atomic mass is 9.76. The van der Waals surface area contributed by atoms with E-state index in [0.717, 1.165) is 86.0 Å². The van der Waals surface area contributed by atoms with Gasteiger partial charge in [0.25, 0.3) is 0 Å². The van der Waals surface area contributed by atoms with E-state index in [1.807, 2.05) is 235 Å². The van der Waals surface area contributed by atoms with Gasteiger partial charge >= 0.3 is 0 Å². The highest BCUT2D eigenvalue weighted by atomic mass is 16.5. The number of aliphatic hydroxyl groups is 18. The molecule has 6 aromatic rings. The zero-order valence-electron chi connectivity index (χ0n) is 95.1. The van der Waals surface area contributed by atoms with Crippen molar-refractivity contribution in [2.45, 2.75) is 526 Å². The molecule has 0 saturated carbocycles. The summed E-state index contributed by atoms with van der Waals surface area (Å²) < 4.78 is 11.5. The van der Waals surface area contributed by atoms with Crippen LogP contribution in [-0.4, -0.2) is 105 Å². The van der Waals surface area contributed by atoms with E-state index in [1.165, 1.54) is 0 Å². The van der Waals surface area contributed by atoms with Crippen LogP contribution in [0.25, 0.3) is 0 Å². The van der Waals surface area contributed by atoms with Crippen molar-refractivity contribution in [2.75, 3.05) is 13.2 Å². The van der Waals surface area contributed by atoms with E-state index in [1.54, 1.807) is 128 Å². The first-order valence-corrected chi connectivity index (χ1v) is 52.6. The second kappa shape index (κ2) is 51.0. The fourth-order valence-electron chi connectivity index (χ4n) is 16.9. The van der Waals surface area contributed by atoms with Gasteiger partial charge in [-0.1, -0.05) is 170 Å². The van der Waals surface area contributed by atoms with E-state index in [4.69, 9.17) is 9.47 Å². The Balaban J connectivity index is 0.000000834. The van der Waals surface area contributed by atoms with E-state index < -0.39 is 101 Å². The quantitative estimate of drug-likeness (QED) is 0.0169. The number of hydrogen-bond donors (Lipinski definition) is 18. The second-order valence-electron chi connectivity index (χ2n) is 43.4. The topological polar surface area (TPSA) is 383 Å². The average molecular weight is 1950 g/mol. The molecular weight excluding hydrogens is 1750 g/mol. The predicted octanol–water partition coefficient (Wildman–Crippen LogP) is 24.0. The first-order chi connectivity index (χ1) is 63.2. The molecule has 0 radical (unpaired) electrons. The predicted molar refractivity (Wildman–Crippen MR) is 571 cm³/mol. The summed E-state index contributed by atoms with van der Waals surface area (Å²) in [6, 6.07) is 22.6.